The number of allylic oxidation sites excluding steroid dienone is 4. The number of hydrogen-bond acceptors (Lipinski definition) is 6. The summed E-state index contributed by atoms with van der Waals surface area (Å²) in [5.41, 5.74) is 0. The predicted octanol–water partition coefficient (Wildman–Crippen LogP) is 12.5. The number of carbonyl (C=O) groups is 2. The molecule has 2 unspecified atom stereocenters. The molecule has 0 aromatic heterocycles. The lowest BCUT2D eigenvalue weighted by molar-refractivity contribution is -0.152. The van der Waals surface area contributed by atoms with Gasteiger partial charge in [0, 0.05) is 12.8 Å². The molecule has 0 aliphatic carbocycles. The van der Waals surface area contributed by atoms with Crippen LogP contribution in [-0.2, 0) is 23.8 Å². The van der Waals surface area contributed by atoms with E-state index in [1.807, 2.05) is 0 Å². The zero-order chi connectivity index (χ0) is 37.0. The Hall–Kier alpha value is -1.92. The second-order valence-electron chi connectivity index (χ2n) is 15.3. The van der Waals surface area contributed by atoms with Crippen LogP contribution in [-0.4, -0.2) is 48.6 Å². The van der Waals surface area contributed by atoms with Crippen molar-refractivity contribution in [1.29, 1.82) is 0 Å². The van der Waals surface area contributed by atoms with Crippen molar-refractivity contribution in [3.05, 3.63) is 36.5 Å². The topological polar surface area (TPSA) is 85.4 Å². The number of carbonyl (C=O) groups excluding carboxylic acids is 2. The first-order valence-corrected chi connectivity index (χ1v) is 21.5. The number of unbranched alkanes of at least 4 members (excludes halogenated alkanes) is 19. The van der Waals surface area contributed by atoms with Crippen LogP contribution >= 0.6 is 0 Å². The van der Waals surface area contributed by atoms with Gasteiger partial charge in [0.1, 0.15) is 19.3 Å². The third kappa shape index (κ3) is 33.7. The largest absolute Gasteiger partial charge is 0.463 e. The molecular formula is C45H80O6. The molecule has 0 spiro atoms. The Bertz CT molecular complexity index is 893. The minimum absolute atomic E-state index is 0.134. The average Bonchev–Trinajstić information content (AvgIpc) is 3.87. The van der Waals surface area contributed by atoms with Crippen LogP contribution < -0.4 is 0 Å². The normalized spacial score (nSPS) is 16.6. The van der Waals surface area contributed by atoms with E-state index in [-0.39, 0.29) is 25.2 Å². The number of hydrogen-bond donors (Lipinski definition) is 1. The Balaban J connectivity index is 1.83. The van der Waals surface area contributed by atoms with E-state index in [0.29, 0.717) is 31.5 Å². The van der Waals surface area contributed by atoms with E-state index in [0.717, 1.165) is 50.9 Å². The summed E-state index contributed by atoms with van der Waals surface area (Å²) >= 11 is 0. The van der Waals surface area contributed by atoms with Gasteiger partial charge < -0.3 is 19.3 Å². The van der Waals surface area contributed by atoms with E-state index in [2.05, 4.69) is 57.2 Å². The van der Waals surface area contributed by atoms with E-state index in [9.17, 15) is 14.7 Å². The number of aliphatic hydroxyl groups excluding tert-OH is 1. The molecule has 6 nitrogen and oxygen atoms in total. The maximum absolute atomic E-state index is 12.0. The molecule has 51 heavy (non-hydrogen) atoms. The first-order valence-electron chi connectivity index (χ1n) is 21.5. The van der Waals surface area contributed by atoms with Crippen LogP contribution in [0, 0.1) is 5.92 Å². The van der Waals surface area contributed by atoms with Crippen LogP contribution in [0.2, 0.25) is 0 Å². The average molecular weight is 717 g/mol. The Morgan fingerprint density at radius 2 is 1.00 bits per heavy atom. The van der Waals surface area contributed by atoms with Crippen LogP contribution in [0.4, 0.5) is 0 Å². The summed E-state index contributed by atoms with van der Waals surface area (Å²) in [5, 5.41) is 10.0. The lowest BCUT2D eigenvalue weighted by Gasteiger charge is -2.12. The molecule has 0 bridgehead atoms. The highest BCUT2D eigenvalue weighted by Gasteiger charge is 2.35. The standard InChI is InChI=1S/C45H80O6/c1-4-5-6-7-24-29-34-42-43(51-42)35-30-25-20-18-22-27-32-37-45(48)50-39-41(46)38-49-44(47)36-31-26-21-17-15-13-11-9-8-10-12-14-16-19-23-28-33-40(2)3/h18,22,24-25,29-30,40-43,46H,4-17,19-21,23,26-28,31-39H2,1-3H3/b22-18-,29-24-,30-25-/t41-,42?,43?/m1/s1. The molecule has 1 heterocycles. The Morgan fingerprint density at radius 1 is 0.569 bits per heavy atom. The van der Waals surface area contributed by atoms with Gasteiger partial charge in [-0.2, -0.15) is 0 Å². The van der Waals surface area contributed by atoms with Crippen LogP contribution in [0.5, 0.6) is 0 Å². The first kappa shape index (κ1) is 47.1. The maximum Gasteiger partial charge on any atom is 0.305 e. The fraction of sp³-hybridized carbons (Fsp3) is 0.822. The molecule has 296 valence electrons. The Labute approximate surface area is 314 Å². The second kappa shape index (κ2) is 35.1. The molecule has 1 aliphatic heterocycles. The number of rotatable bonds is 37. The molecule has 1 N–H and O–H groups in total. The molecule has 1 aliphatic rings. The van der Waals surface area contributed by atoms with Gasteiger partial charge in [0.25, 0.3) is 0 Å². The second-order valence-corrected chi connectivity index (χ2v) is 15.3. The van der Waals surface area contributed by atoms with Crippen molar-refractivity contribution >= 4 is 11.9 Å². The van der Waals surface area contributed by atoms with Crippen LogP contribution in [0.15, 0.2) is 36.5 Å². The van der Waals surface area contributed by atoms with Gasteiger partial charge in [-0.3, -0.25) is 9.59 Å². The SMILES string of the molecule is CCCCC/C=C\CC1OC1C/C=C\C/C=C\CCCC(=O)OC[C@H](O)COC(=O)CCCCCCCCCCCCCCCCCCC(C)C. The monoisotopic (exact) mass is 717 g/mol. The summed E-state index contributed by atoms with van der Waals surface area (Å²) in [7, 11) is 0. The van der Waals surface area contributed by atoms with Crippen molar-refractivity contribution in [3.63, 3.8) is 0 Å². The highest BCUT2D eigenvalue weighted by Crippen LogP contribution is 2.29. The molecule has 1 fully saturated rings. The number of ether oxygens (including phenoxy) is 3. The molecule has 0 aromatic rings. The molecule has 0 aromatic carbocycles. The van der Waals surface area contributed by atoms with Crippen molar-refractivity contribution in [1.82, 2.24) is 0 Å². The van der Waals surface area contributed by atoms with Crippen molar-refractivity contribution in [2.75, 3.05) is 13.2 Å². The minimum Gasteiger partial charge on any atom is -0.463 e. The molecule has 0 saturated carbocycles. The fourth-order valence-corrected chi connectivity index (χ4v) is 6.31. The fourth-order valence-electron chi connectivity index (χ4n) is 6.31. The summed E-state index contributed by atoms with van der Waals surface area (Å²) in [6.45, 7) is 6.59. The van der Waals surface area contributed by atoms with Gasteiger partial charge in [0.15, 0.2) is 0 Å². The quantitative estimate of drug-likeness (QED) is 0.0298. The van der Waals surface area contributed by atoms with Gasteiger partial charge in [-0.15, -0.1) is 0 Å². The maximum atomic E-state index is 12.0. The van der Waals surface area contributed by atoms with Crippen LogP contribution in [0.3, 0.4) is 0 Å². The lowest BCUT2D eigenvalue weighted by Crippen LogP contribution is -2.25. The van der Waals surface area contributed by atoms with Gasteiger partial charge in [-0.25, -0.2) is 0 Å². The van der Waals surface area contributed by atoms with Crippen molar-refractivity contribution in [2.45, 2.75) is 219 Å². The predicted molar refractivity (Wildman–Crippen MR) is 214 cm³/mol. The molecule has 6 heteroatoms. The number of epoxide rings is 1. The Morgan fingerprint density at radius 3 is 1.53 bits per heavy atom. The molecule has 1 saturated heterocycles. The summed E-state index contributed by atoms with van der Waals surface area (Å²) in [4.78, 5) is 24.0. The van der Waals surface area contributed by atoms with Gasteiger partial charge in [-0.05, 0) is 57.3 Å². The highest BCUT2D eigenvalue weighted by atomic mass is 16.6. The summed E-state index contributed by atoms with van der Waals surface area (Å²) < 4.78 is 16.1. The van der Waals surface area contributed by atoms with Gasteiger partial charge in [0.2, 0.25) is 0 Å². The first-order chi connectivity index (χ1) is 24.9. The summed E-state index contributed by atoms with van der Waals surface area (Å²) in [5.74, 6) is 0.227. The highest BCUT2D eigenvalue weighted by molar-refractivity contribution is 5.69. The lowest BCUT2D eigenvalue weighted by atomic mass is 10.0. The van der Waals surface area contributed by atoms with E-state index in [1.165, 1.54) is 116 Å². The van der Waals surface area contributed by atoms with Gasteiger partial charge in [-0.1, -0.05) is 173 Å². The third-order valence-corrected chi connectivity index (χ3v) is 9.71. The van der Waals surface area contributed by atoms with Gasteiger partial charge in [0.05, 0.1) is 12.2 Å². The van der Waals surface area contributed by atoms with Crippen LogP contribution in [0.25, 0.3) is 0 Å². The van der Waals surface area contributed by atoms with E-state index < -0.39 is 6.10 Å². The third-order valence-electron chi connectivity index (χ3n) is 9.71. The Kier molecular flexibility index (Phi) is 32.4. The van der Waals surface area contributed by atoms with E-state index >= 15 is 0 Å². The van der Waals surface area contributed by atoms with Crippen molar-refractivity contribution in [2.24, 2.45) is 5.92 Å². The van der Waals surface area contributed by atoms with Crippen molar-refractivity contribution in [3.8, 4) is 0 Å². The minimum atomic E-state index is -0.989. The van der Waals surface area contributed by atoms with E-state index in [1.54, 1.807) is 0 Å². The molecular weight excluding hydrogens is 636 g/mol. The van der Waals surface area contributed by atoms with Crippen molar-refractivity contribution < 1.29 is 28.9 Å². The molecule has 0 amide bonds. The molecule has 0 radical (unpaired) electrons. The number of aliphatic hydroxyl groups is 1. The summed E-state index contributed by atoms with van der Waals surface area (Å²) in [6, 6.07) is 0. The summed E-state index contributed by atoms with van der Waals surface area (Å²) in [6.07, 6.45) is 45.3. The smallest absolute Gasteiger partial charge is 0.305 e. The van der Waals surface area contributed by atoms with Crippen LogP contribution in [0.1, 0.15) is 201 Å². The molecule has 1 rings (SSSR count). The van der Waals surface area contributed by atoms with Gasteiger partial charge >= 0.3 is 11.9 Å². The van der Waals surface area contributed by atoms with E-state index in [4.69, 9.17) is 14.2 Å². The number of esters is 2. The molecule has 3 atom stereocenters. The zero-order valence-electron chi connectivity index (χ0n) is 33.5. The zero-order valence-corrected chi connectivity index (χ0v) is 33.5.